The van der Waals surface area contributed by atoms with Crippen molar-refractivity contribution < 1.29 is 4.79 Å². The van der Waals surface area contributed by atoms with E-state index in [1.165, 1.54) is 11.3 Å². The third-order valence-electron chi connectivity index (χ3n) is 3.27. The molecule has 0 fully saturated rings. The first-order valence-corrected chi connectivity index (χ1v) is 7.56. The highest BCUT2D eigenvalue weighted by Gasteiger charge is 2.11. The minimum Gasteiger partial charge on any atom is -0.319 e. The van der Waals surface area contributed by atoms with Gasteiger partial charge in [-0.05, 0) is 32.0 Å². The van der Waals surface area contributed by atoms with Gasteiger partial charge in [0.15, 0.2) is 10.5 Å². The van der Waals surface area contributed by atoms with Gasteiger partial charge in [-0.1, -0.05) is 23.5 Å². The largest absolute Gasteiger partial charge is 0.319 e. The number of amides is 1. The van der Waals surface area contributed by atoms with Gasteiger partial charge in [0.2, 0.25) is 0 Å². The van der Waals surface area contributed by atoms with Crippen molar-refractivity contribution in [2.24, 2.45) is 12.0 Å². The molecule has 108 valence electrons. The number of hydrogen-bond donors (Lipinski definition) is 0. The fraction of sp³-hybridized carbons (Fsp3) is 0.267. The molecule has 6 heteroatoms. The smallest absolute Gasteiger partial charge is 0.300 e. The third kappa shape index (κ3) is 2.54. The summed E-state index contributed by atoms with van der Waals surface area (Å²) in [7, 11) is 1.91. The number of carbonyl (C=O) groups excluding carboxylic acids is 1. The summed E-state index contributed by atoms with van der Waals surface area (Å²) in [5, 5.41) is 4.26. The molecule has 0 saturated heterocycles. The molecule has 0 saturated carbocycles. The summed E-state index contributed by atoms with van der Waals surface area (Å²) >= 11 is 1.50. The molecule has 3 aromatic rings. The Bertz CT molecular complexity index is 869. The number of thiazole rings is 1. The van der Waals surface area contributed by atoms with E-state index in [1.807, 2.05) is 49.7 Å². The van der Waals surface area contributed by atoms with Crippen LogP contribution in [0.5, 0.6) is 0 Å². The standard InChI is InChI=1S/C15H16N4OS/c1-10(2)19-9-8-11(17-19)14(20)16-15-18(3)12-6-4-5-7-13(12)21-15/h4-10H,1-3H3. The Kier molecular flexibility index (Phi) is 3.47. The summed E-state index contributed by atoms with van der Waals surface area (Å²) in [6.45, 7) is 4.04. The van der Waals surface area contributed by atoms with Crippen LogP contribution < -0.4 is 4.80 Å². The molecule has 1 amide bonds. The molecular formula is C15H16N4OS. The predicted molar refractivity (Wildman–Crippen MR) is 83.3 cm³/mol. The van der Waals surface area contributed by atoms with Crippen LogP contribution in [0.3, 0.4) is 0 Å². The lowest BCUT2D eigenvalue weighted by Crippen LogP contribution is -2.14. The molecule has 0 bridgehead atoms. The van der Waals surface area contributed by atoms with Gasteiger partial charge in [0.25, 0.3) is 5.91 Å². The van der Waals surface area contributed by atoms with Crippen LogP contribution in [-0.2, 0) is 7.05 Å². The first kappa shape index (κ1) is 13.8. The van der Waals surface area contributed by atoms with E-state index in [9.17, 15) is 4.79 Å². The lowest BCUT2D eigenvalue weighted by molar-refractivity contribution is 0.0992. The van der Waals surface area contributed by atoms with Gasteiger partial charge < -0.3 is 4.57 Å². The topological polar surface area (TPSA) is 52.2 Å². The minimum atomic E-state index is -0.309. The maximum Gasteiger partial charge on any atom is 0.300 e. The van der Waals surface area contributed by atoms with Gasteiger partial charge in [0.1, 0.15) is 0 Å². The van der Waals surface area contributed by atoms with E-state index in [4.69, 9.17) is 0 Å². The molecule has 5 nitrogen and oxygen atoms in total. The Morgan fingerprint density at radius 1 is 1.29 bits per heavy atom. The van der Waals surface area contributed by atoms with Crippen molar-refractivity contribution in [1.82, 2.24) is 14.3 Å². The second-order valence-electron chi connectivity index (χ2n) is 5.10. The molecule has 2 aromatic heterocycles. The maximum atomic E-state index is 12.2. The fourth-order valence-electron chi connectivity index (χ4n) is 2.07. The summed E-state index contributed by atoms with van der Waals surface area (Å²) in [6.07, 6.45) is 1.80. The predicted octanol–water partition coefficient (Wildman–Crippen LogP) is 2.76. The van der Waals surface area contributed by atoms with Crippen LogP contribution in [0.4, 0.5) is 0 Å². The van der Waals surface area contributed by atoms with Crippen molar-refractivity contribution in [1.29, 1.82) is 0 Å². The quantitative estimate of drug-likeness (QED) is 0.730. The molecule has 0 aliphatic carbocycles. The molecule has 0 aliphatic heterocycles. The van der Waals surface area contributed by atoms with Gasteiger partial charge in [-0.3, -0.25) is 9.48 Å². The van der Waals surface area contributed by atoms with Crippen LogP contribution in [0.15, 0.2) is 41.5 Å². The van der Waals surface area contributed by atoms with E-state index in [-0.39, 0.29) is 11.9 Å². The Morgan fingerprint density at radius 3 is 2.71 bits per heavy atom. The number of fused-ring (bicyclic) bond motifs is 1. The highest BCUT2D eigenvalue weighted by molar-refractivity contribution is 7.16. The molecule has 2 heterocycles. The molecule has 0 atom stereocenters. The Balaban J connectivity index is 2.02. The monoisotopic (exact) mass is 300 g/mol. The molecule has 0 spiro atoms. The van der Waals surface area contributed by atoms with E-state index in [1.54, 1.807) is 16.9 Å². The number of benzene rings is 1. The highest BCUT2D eigenvalue weighted by Crippen LogP contribution is 2.15. The lowest BCUT2D eigenvalue weighted by atomic mass is 10.3. The van der Waals surface area contributed by atoms with Gasteiger partial charge in [-0.2, -0.15) is 10.1 Å². The number of nitrogens with zero attached hydrogens (tertiary/aromatic N) is 4. The Labute approximate surface area is 126 Å². The molecule has 0 radical (unpaired) electrons. The molecule has 0 unspecified atom stereocenters. The van der Waals surface area contributed by atoms with Crippen LogP contribution in [0, 0.1) is 0 Å². The molecule has 0 N–H and O–H groups in total. The van der Waals surface area contributed by atoms with E-state index in [2.05, 4.69) is 10.1 Å². The van der Waals surface area contributed by atoms with Gasteiger partial charge in [-0.25, -0.2) is 0 Å². The molecule has 21 heavy (non-hydrogen) atoms. The van der Waals surface area contributed by atoms with E-state index < -0.39 is 0 Å². The first-order valence-electron chi connectivity index (χ1n) is 6.75. The molecule has 3 rings (SSSR count). The summed E-state index contributed by atoms with van der Waals surface area (Å²) < 4.78 is 4.80. The van der Waals surface area contributed by atoms with E-state index in [0.717, 1.165) is 10.2 Å². The number of aromatic nitrogens is 3. The molecule has 0 aliphatic rings. The number of carbonyl (C=O) groups is 1. The van der Waals surface area contributed by atoms with Crippen LogP contribution in [-0.4, -0.2) is 20.3 Å². The zero-order valence-electron chi connectivity index (χ0n) is 12.1. The van der Waals surface area contributed by atoms with E-state index in [0.29, 0.717) is 10.5 Å². The second-order valence-corrected chi connectivity index (χ2v) is 6.11. The van der Waals surface area contributed by atoms with Crippen LogP contribution in [0.2, 0.25) is 0 Å². The maximum absolute atomic E-state index is 12.2. The fourth-order valence-corrected chi connectivity index (χ4v) is 3.09. The van der Waals surface area contributed by atoms with Crippen molar-refractivity contribution in [2.45, 2.75) is 19.9 Å². The summed E-state index contributed by atoms with van der Waals surface area (Å²) in [6, 6.07) is 9.94. The average molecular weight is 300 g/mol. The van der Waals surface area contributed by atoms with Crippen molar-refractivity contribution >= 4 is 27.5 Å². The third-order valence-corrected chi connectivity index (χ3v) is 4.38. The summed E-state index contributed by atoms with van der Waals surface area (Å²) in [4.78, 5) is 17.1. The van der Waals surface area contributed by atoms with Crippen molar-refractivity contribution in [3.8, 4) is 0 Å². The second kappa shape index (κ2) is 5.29. The molecular weight excluding hydrogens is 284 g/mol. The zero-order chi connectivity index (χ0) is 15.0. The number of para-hydroxylation sites is 1. The Morgan fingerprint density at radius 2 is 2.05 bits per heavy atom. The van der Waals surface area contributed by atoms with Gasteiger partial charge in [0.05, 0.1) is 10.2 Å². The lowest BCUT2D eigenvalue weighted by Gasteiger charge is -2.02. The van der Waals surface area contributed by atoms with Crippen LogP contribution in [0.1, 0.15) is 30.4 Å². The highest BCUT2D eigenvalue weighted by atomic mass is 32.1. The molecule has 1 aromatic carbocycles. The number of aryl methyl sites for hydroxylation is 1. The van der Waals surface area contributed by atoms with Gasteiger partial charge >= 0.3 is 0 Å². The van der Waals surface area contributed by atoms with Crippen molar-refractivity contribution in [3.05, 3.63) is 47.0 Å². The SMILES string of the molecule is CC(C)n1ccc(C(=O)N=c2sc3ccccc3n2C)n1. The number of rotatable bonds is 2. The minimum absolute atomic E-state index is 0.229. The van der Waals surface area contributed by atoms with Gasteiger partial charge in [-0.15, -0.1) is 0 Å². The van der Waals surface area contributed by atoms with Crippen LogP contribution >= 0.6 is 11.3 Å². The first-order chi connectivity index (χ1) is 10.1. The normalized spacial score (nSPS) is 12.5. The Hall–Kier alpha value is -2.21. The van der Waals surface area contributed by atoms with Gasteiger partial charge in [0, 0.05) is 19.3 Å². The average Bonchev–Trinajstić information content (AvgIpc) is 3.06. The zero-order valence-corrected chi connectivity index (χ0v) is 13.0. The van der Waals surface area contributed by atoms with Crippen molar-refractivity contribution in [2.75, 3.05) is 0 Å². The summed E-state index contributed by atoms with van der Waals surface area (Å²) in [5.74, 6) is -0.309. The van der Waals surface area contributed by atoms with E-state index >= 15 is 0 Å². The summed E-state index contributed by atoms with van der Waals surface area (Å²) in [5.41, 5.74) is 1.45. The van der Waals surface area contributed by atoms with Crippen molar-refractivity contribution in [3.63, 3.8) is 0 Å². The number of hydrogen-bond acceptors (Lipinski definition) is 3. The van der Waals surface area contributed by atoms with Crippen LogP contribution in [0.25, 0.3) is 10.2 Å².